The Morgan fingerprint density at radius 1 is 1.15 bits per heavy atom. The largest absolute Gasteiger partial charge is 0.346 e. The highest BCUT2D eigenvalue weighted by atomic mass is 32.2. The Balaban J connectivity index is 1.64. The molecule has 2 N–H and O–H groups in total. The number of fused-ring (bicyclic) bond motifs is 1. The molecule has 0 saturated carbocycles. The smallest absolute Gasteiger partial charge is 0.252 e. The van der Waals surface area contributed by atoms with Gasteiger partial charge in [0.1, 0.15) is 0 Å². The molecule has 0 bridgehead atoms. The quantitative estimate of drug-likeness (QED) is 0.443. The van der Waals surface area contributed by atoms with E-state index >= 15 is 0 Å². The molecule has 1 aliphatic heterocycles. The highest BCUT2D eigenvalue weighted by Gasteiger charge is 2.33. The molecule has 1 fully saturated rings. The van der Waals surface area contributed by atoms with E-state index in [9.17, 15) is 18.0 Å². The van der Waals surface area contributed by atoms with Crippen LogP contribution in [0.4, 0.5) is 0 Å². The van der Waals surface area contributed by atoms with Gasteiger partial charge >= 0.3 is 0 Å². The summed E-state index contributed by atoms with van der Waals surface area (Å²) in [5.74, 6) is -1.24. The number of sulfonamides is 1. The van der Waals surface area contributed by atoms with Gasteiger partial charge in [-0.05, 0) is 36.1 Å². The normalized spacial score (nSPS) is 16.3. The number of amides is 2. The van der Waals surface area contributed by atoms with E-state index in [2.05, 4.69) is 47.5 Å². The number of nitrogens with one attached hydrogen (secondary N) is 2. The third-order valence-corrected chi connectivity index (χ3v) is 7.37. The molecule has 2 amide bonds. The van der Waals surface area contributed by atoms with Crippen LogP contribution >= 0.6 is 0 Å². The Morgan fingerprint density at radius 2 is 1.82 bits per heavy atom. The number of likely N-dealkylation sites (tertiary alicyclic amines) is 1. The van der Waals surface area contributed by atoms with Crippen LogP contribution in [-0.4, -0.2) is 67.9 Å². The molecule has 2 aromatic rings. The van der Waals surface area contributed by atoms with Crippen molar-refractivity contribution in [2.45, 2.75) is 31.8 Å². The first-order valence-corrected chi connectivity index (χ1v) is 12.7. The van der Waals surface area contributed by atoms with Crippen LogP contribution in [0.3, 0.4) is 0 Å². The lowest BCUT2D eigenvalue weighted by atomic mass is 9.96. The number of rotatable bonds is 8. The number of nitriles is 1. The Morgan fingerprint density at radius 3 is 2.48 bits per heavy atom. The maximum absolute atomic E-state index is 12.4. The highest BCUT2D eigenvalue weighted by Crippen LogP contribution is 2.31. The standard InChI is InChI=1S/C23H29N5O4S/c1-17(20-9-5-7-18-6-3-4-8-21(18)20)27-12-10-19(11-13-27)28(33(2,31)32)15-23(30)25-14-22(29)26-16-24/h3-9,17,19H,10-15H2,1-2H3,(H,25,30)(H,26,29). The summed E-state index contributed by atoms with van der Waals surface area (Å²) in [6.07, 6.45) is 3.78. The molecule has 2 aromatic carbocycles. The maximum Gasteiger partial charge on any atom is 0.252 e. The molecular formula is C23H29N5O4S. The SMILES string of the molecule is CC(c1cccc2ccccc12)N1CCC(N(CC(=O)NCC(=O)NC#N)S(C)(=O)=O)CC1. The molecule has 0 aromatic heterocycles. The van der Waals surface area contributed by atoms with Crippen molar-refractivity contribution in [3.8, 4) is 6.19 Å². The molecule has 1 atom stereocenters. The summed E-state index contributed by atoms with van der Waals surface area (Å²) < 4.78 is 26.0. The summed E-state index contributed by atoms with van der Waals surface area (Å²) in [5.41, 5.74) is 1.24. The van der Waals surface area contributed by atoms with Crippen molar-refractivity contribution in [2.75, 3.05) is 32.4 Å². The molecule has 176 valence electrons. The van der Waals surface area contributed by atoms with Gasteiger partial charge in [0.05, 0.1) is 19.3 Å². The van der Waals surface area contributed by atoms with Crippen LogP contribution in [-0.2, 0) is 19.6 Å². The van der Waals surface area contributed by atoms with Crippen molar-refractivity contribution in [3.63, 3.8) is 0 Å². The Hall–Kier alpha value is -3.00. The second kappa shape index (κ2) is 10.7. The Bertz CT molecular complexity index is 1150. The van der Waals surface area contributed by atoms with Crippen LogP contribution in [0.5, 0.6) is 0 Å². The first-order chi connectivity index (χ1) is 15.7. The van der Waals surface area contributed by atoms with Crippen LogP contribution in [0.2, 0.25) is 0 Å². The number of carbonyl (C=O) groups excluding carboxylic acids is 2. The van der Waals surface area contributed by atoms with Gasteiger partial charge in [0.25, 0.3) is 5.91 Å². The number of nitrogens with zero attached hydrogens (tertiary/aromatic N) is 3. The first-order valence-electron chi connectivity index (χ1n) is 10.8. The average molecular weight is 472 g/mol. The number of piperidine rings is 1. The van der Waals surface area contributed by atoms with Crippen molar-refractivity contribution in [3.05, 3.63) is 48.0 Å². The third kappa shape index (κ3) is 6.28. The molecular weight excluding hydrogens is 442 g/mol. The van der Waals surface area contributed by atoms with Crippen LogP contribution in [0.1, 0.15) is 31.4 Å². The van der Waals surface area contributed by atoms with Crippen molar-refractivity contribution in [1.82, 2.24) is 19.8 Å². The fourth-order valence-corrected chi connectivity index (χ4v) is 5.48. The summed E-state index contributed by atoms with van der Waals surface area (Å²) in [7, 11) is -3.63. The predicted molar refractivity (Wildman–Crippen MR) is 125 cm³/mol. The lowest BCUT2D eigenvalue weighted by Crippen LogP contribution is -2.51. The van der Waals surface area contributed by atoms with E-state index in [1.165, 1.54) is 26.8 Å². The maximum atomic E-state index is 12.4. The van der Waals surface area contributed by atoms with Gasteiger partial charge in [-0.2, -0.15) is 9.57 Å². The van der Waals surface area contributed by atoms with Crippen LogP contribution in [0.15, 0.2) is 42.5 Å². The van der Waals surface area contributed by atoms with Crippen LogP contribution in [0.25, 0.3) is 10.8 Å². The zero-order chi connectivity index (χ0) is 24.0. The van der Waals surface area contributed by atoms with E-state index in [-0.39, 0.29) is 25.2 Å². The average Bonchev–Trinajstić information content (AvgIpc) is 2.80. The molecule has 1 unspecified atom stereocenters. The summed E-state index contributed by atoms with van der Waals surface area (Å²) in [6.45, 7) is 2.82. The van der Waals surface area contributed by atoms with Crippen LogP contribution < -0.4 is 10.6 Å². The van der Waals surface area contributed by atoms with Crippen molar-refractivity contribution >= 4 is 32.6 Å². The highest BCUT2D eigenvalue weighted by molar-refractivity contribution is 7.88. The zero-order valence-electron chi connectivity index (χ0n) is 18.8. The van der Waals surface area contributed by atoms with Crippen LogP contribution in [0, 0.1) is 11.5 Å². The Labute approximate surface area is 194 Å². The van der Waals surface area contributed by atoms with E-state index in [4.69, 9.17) is 5.26 Å². The summed E-state index contributed by atoms with van der Waals surface area (Å²) >= 11 is 0. The topological polar surface area (TPSA) is 123 Å². The second-order valence-corrected chi connectivity index (χ2v) is 10.2. The van der Waals surface area contributed by atoms with Gasteiger partial charge < -0.3 is 5.32 Å². The lowest BCUT2D eigenvalue weighted by molar-refractivity contribution is -0.126. The first kappa shape index (κ1) is 24.6. The summed E-state index contributed by atoms with van der Waals surface area (Å²) in [6, 6.07) is 14.4. The minimum absolute atomic E-state index is 0.172. The minimum atomic E-state index is -3.63. The predicted octanol–water partition coefficient (Wildman–Crippen LogP) is 1.34. The monoisotopic (exact) mass is 471 g/mol. The third-order valence-electron chi connectivity index (χ3n) is 6.09. The van der Waals surface area contributed by atoms with Crippen molar-refractivity contribution in [1.29, 1.82) is 5.26 Å². The van der Waals surface area contributed by atoms with Gasteiger partial charge in [-0.3, -0.25) is 19.8 Å². The van der Waals surface area contributed by atoms with E-state index in [0.29, 0.717) is 25.9 Å². The van der Waals surface area contributed by atoms with Gasteiger partial charge in [-0.1, -0.05) is 42.5 Å². The fourth-order valence-electron chi connectivity index (χ4n) is 4.37. The minimum Gasteiger partial charge on any atom is -0.346 e. The van der Waals surface area contributed by atoms with Crippen molar-refractivity contribution in [2.24, 2.45) is 0 Å². The fraction of sp³-hybridized carbons (Fsp3) is 0.435. The Kier molecular flexibility index (Phi) is 8.02. The van der Waals surface area contributed by atoms with Gasteiger partial charge in [0.15, 0.2) is 6.19 Å². The van der Waals surface area contributed by atoms with Gasteiger partial charge in [-0.25, -0.2) is 8.42 Å². The molecule has 0 radical (unpaired) electrons. The summed E-state index contributed by atoms with van der Waals surface area (Å²) in [5, 5.41) is 15.1. The number of carbonyl (C=O) groups is 2. The molecule has 33 heavy (non-hydrogen) atoms. The van der Waals surface area contributed by atoms with E-state index in [1.54, 1.807) is 0 Å². The van der Waals surface area contributed by atoms with Gasteiger partial charge in [0, 0.05) is 25.2 Å². The molecule has 10 heteroatoms. The molecule has 3 rings (SSSR count). The number of hydrogen-bond donors (Lipinski definition) is 2. The summed E-state index contributed by atoms with van der Waals surface area (Å²) in [4.78, 5) is 25.9. The second-order valence-electron chi connectivity index (χ2n) is 8.26. The lowest BCUT2D eigenvalue weighted by Gasteiger charge is -2.39. The van der Waals surface area contributed by atoms with Gasteiger partial charge in [0.2, 0.25) is 15.9 Å². The molecule has 1 heterocycles. The molecule has 9 nitrogen and oxygen atoms in total. The molecule has 0 spiro atoms. The van der Waals surface area contributed by atoms with E-state index in [0.717, 1.165) is 6.26 Å². The molecule has 0 aliphatic carbocycles. The van der Waals surface area contributed by atoms with E-state index in [1.807, 2.05) is 17.4 Å². The number of benzene rings is 2. The van der Waals surface area contributed by atoms with E-state index < -0.39 is 21.8 Å². The zero-order valence-corrected chi connectivity index (χ0v) is 19.6. The molecule has 1 aliphatic rings. The van der Waals surface area contributed by atoms with Crippen molar-refractivity contribution < 1.29 is 18.0 Å². The van der Waals surface area contributed by atoms with Gasteiger partial charge in [-0.15, -0.1) is 0 Å². The number of hydrogen-bond acceptors (Lipinski definition) is 6. The molecule has 1 saturated heterocycles.